The number of hydrogen-bond donors (Lipinski definition) is 1. The number of piperidine rings is 1. The molecule has 6 heteroatoms. The van der Waals surface area contributed by atoms with Crippen molar-refractivity contribution in [2.24, 2.45) is 0 Å². The van der Waals surface area contributed by atoms with Gasteiger partial charge in [0.15, 0.2) is 0 Å². The van der Waals surface area contributed by atoms with Crippen LogP contribution in [-0.4, -0.2) is 88.7 Å². The Hall–Kier alpha value is -2.41. The van der Waals surface area contributed by atoms with E-state index in [9.17, 15) is 9.90 Å². The van der Waals surface area contributed by atoms with Crippen molar-refractivity contribution in [3.63, 3.8) is 0 Å². The number of carbonyl (C=O) groups excluding carboxylic acids is 1. The van der Waals surface area contributed by atoms with E-state index in [1.807, 2.05) is 4.90 Å². The number of likely N-dealkylation sites (tertiary alicyclic amines) is 1. The lowest BCUT2D eigenvalue weighted by atomic mass is 10.1. The van der Waals surface area contributed by atoms with E-state index in [0.29, 0.717) is 19.6 Å². The molecule has 2 fully saturated rings. The first-order chi connectivity index (χ1) is 15.7. The summed E-state index contributed by atoms with van der Waals surface area (Å²) in [6, 6.07) is 16.9. The van der Waals surface area contributed by atoms with Crippen molar-refractivity contribution in [1.29, 1.82) is 0 Å². The largest absolute Gasteiger partial charge is 0.390 e. The second-order valence-corrected chi connectivity index (χ2v) is 9.32. The molecule has 5 rings (SSSR count). The second-order valence-electron chi connectivity index (χ2n) is 9.32. The van der Waals surface area contributed by atoms with Gasteiger partial charge in [-0.15, -0.1) is 0 Å². The van der Waals surface area contributed by atoms with Gasteiger partial charge in [0.05, 0.1) is 19.2 Å². The van der Waals surface area contributed by atoms with Gasteiger partial charge in [0.2, 0.25) is 5.91 Å². The van der Waals surface area contributed by atoms with Crippen LogP contribution in [0.1, 0.15) is 19.3 Å². The Bertz CT molecular complexity index is 1010. The number of piperazine rings is 1. The minimum Gasteiger partial charge on any atom is -0.390 e. The fourth-order valence-electron chi connectivity index (χ4n) is 5.33. The van der Waals surface area contributed by atoms with Gasteiger partial charge >= 0.3 is 0 Å². The van der Waals surface area contributed by atoms with Crippen LogP contribution in [0.25, 0.3) is 21.8 Å². The van der Waals surface area contributed by atoms with Crippen LogP contribution in [0, 0.1) is 0 Å². The van der Waals surface area contributed by atoms with Crippen molar-refractivity contribution in [3.05, 3.63) is 48.5 Å². The third-order valence-corrected chi connectivity index (χ3v) is 7.07. The van der Waals surface area contributed by atoms with Gasteiger partial charge in [0.25, 0.3) is 0 Å². The average molecular weight is 435 g/mol. The summed E-state index contributed by atoms with van der Waals surface area (Å²) in [4.78, 5) is 19.2. The Morgan fingerprint density at radius 3 is 1.94 bits per heavy atom. The maximum atomic E-state index is 12.5. The molecule has 0 unspecified atom stereocenters. The van der Waals surface area contributed by atoms with E-state index < -0.39 is 6.10 Å². The Morgan fingerprint density at radius 1 is 0.750 bits per heavy atom. The van der Waals surface area contributed by atoms with Gasteiger partial charge in [-0.1, -0.05) is 36.4 Å². The first-order valence-corrected chi connectivity index (χ1v) is 12.1. The van der Waals surface area contributed by atoms with E-state index >= 15 is 0 Å². The summed E-state index contributed by atoms with van der Waals surface area (Å²) in [6.45, 7) is 7.22. The SMILES string of the molecule is O=C(CN1CCN(C[C@@H](O)Cn2c3ccccc3c3ccccc32)CC1)N1CCCCC1. The van der Waals surface area contributed by atoms with Gasteiger partial charge in [-0.25, -0.2) is 0 Å². The van der Waals surface area contributed by atoms with Gasteiger partial charge in [-0.05, 0) is 31.4 Å². The Kier molecular flexibility index (Phi) is 6.44. The van der Waals surface area contributed by atoms with Crippen molar-refractivity contribution < 1.29 is 9.90 Å². The minimum absolute atomic E-state index is 0.282. The number of hydrogen-bond acceptors (Lipinski definition) is 4. The number of β-amino-alcohol motifs (C(OH)–C–C–N with tert-alkyl or cyclic N) is 1. The van der Waals surface area contributed by atoms with E-state index in [4.69, 9.17) is 0 Å². The topological polar surface area (TPSA) is 52.0 Å². The summed E-state index contributed by atoms with van der Waals surface area (Å²) in [6.07, 6.45) is 3.10. The van der Waals surface area contributed by atoms with Gasteiger partial charge < -0.3 is 14.6 Å². The molecule has 1 atom stereocenters. The third-order valence-electron chi connectivity index (χ3n) is 7.07. The number of fused-ring (bicyclic) bond motifs is 3. The number of aromatic nitrogens is 1. The fraction of sp³-hybridized carbons (Fsp3) is 0.500. The molecule has 0 bridgehead atoms. The van der Waals surface area contributed by atoms with Crippen LogP contribution in [0.3, 0.4) is 0 Å². The molecule has 1 amide bonds. The molecule has 32 heavy (non-hydrogen) atoms. The molecule has 0 aliphatic carbocycles. The summed E-state index contributed by atoms with van der Waals surface area (Å²) in [5, 5.41) is 13.4. The smallest absolute Gasteiger partial charge is 0.236 e. The molecule has 1 aromatic heterocycles. The monoisotopic (exact) mass is 434 g/mol. The van der Waals surface area contributed by atoms with Gasteiger partial charge in [-0.2, -0.15) is 0 Å². The van der Waals surface area contributed by atoms with Crippen molar-refractivity contribution in [1.82, 2.24) is 19.3 Å². The second kappa shape index (κ2) is 9.61. The Labute approximate surface area is 190 Å². The zero-order valence-corrected chi connectivity index (χ0v) is 18.8. The molecule has 1 N–H and O–H groups in total. The summed E-state index contributed by atoms with van der Waals surface area (Å²) in [5.74, 6) is 0.282. The standard InChI is InChI=1S/C26H34N4O2/c31-21(19-30-24-10-4-2-8-22(24)23-9-3-5-11-25(23)30)18-27-14-16-28(17-15-27)20-26(32)29-12-6-1-7-13-29/h2-5,8-11,21,31H,1,6-7,12-20H2/t21-/m1/s1. The van der Waals surface area contributed by atoms with E-state index in [2.05, 4.69) is 62.9 Å². The van der Waals surface area contributed by atoms with Gasteiger partial charge in [0, 0.05) is 67.6 Å². The molecule has 0 radical (unpaired) electrons. The van der Waals surface area contributed by atoms with Crippen LogP contribution in [-0.2, 0) is 11.3 Å². The molecule has 2 saturated heterocycles. The van der Waals surface area contributed by atoms with E-state index in [0.717, 1.165) is 52.1 Å². The highest BCUT2D eigenvalue weighted by molar-refractivity contribution is 6.07. The van der Waals surface area contributed by atoms with Crippen LogP contribution in [0.2, 0.25) is 0 Å². The molecule has 3 aromatic rings. The molecule has 3 heterocycles. The minimum atomic E-state index is -0.434. The highest BCUT2D eigenvalue weighted by Crippen LogP contribution is 2.29. The number of para-hydroxylation sites is 2. The number of amides is 1. The quantitative estimate of drug-likeness (QED) is 0.648. The number of nitrogens with zero attached hydrogens (tertiary/aromatic N) is 4. The number of benzene rings is 2. The molecular weight excluding hydrogens is 400 g/mol. The fourth-order valence-corrected chi connectivity index (χ4v) is 5.33. The van der Waals surface area contributed by atoms with Crippen LogP contribution in [0.15, 0.2) is 48.5 Å². The summed E-state index contributed by atoms with van der Waals surface area (Å²) < 4.78 is 2.25. The summed E-state index contributed by atoms with van der Waals surface area (Å²) in [7, 11) is 0. The highest BCUT2D eigenvalue weighted by Gasteiger charge is 2.24. The first-order valence-electron chi connectivity index (χ1n) is 12.1. The average Bonchev–Trinajstić information content (AvgIpc) is 3.15. The number of aliphatic hydroxyl groups excluding tert-OH is 1. The van der Waals surface area contributed by atoms with Crippen molar-refractivity contribution in [2.45, 2.75) is 31.9 Å². The number of carbonyl (C=O) groups is 1. The molecule has 0 spiro atoms. The maximum absolute atomic E-state index is 12.5. The maximum Gasteiger partial charge on any atom is 0.236 e. The summed E-state index contributed by atoms with van der Waals surface area (Å²) >= 11 is 0. The zero-order valence-electron chi connectivity index (χ0n) is 18.8. The van der Waals surface area contributed by atoms with Gasteiger partial charge in [-0.3, -0.25) is 14.6 Å². The Balaban J connectivity index is 1.16. The normalized spacial score (nSPS) is 19.6. The molecule has 6 nitrogen and oxygen atoms in total. The number of aliphatic hydroxyl groups is 1. The lowest BCUT2D eigenvalue weighted by molar-refractivity contribution is -0.133. The van der Waals surface area contributed by atoms with Crippen molar-refractivity contribution in [2.75, 3.05) is 52.4 Å². The lowest BCUT2D eigenvalue weighted by Crippen LogP contribution is -2.52. The number of rotatable bonds is 6. The first kappa shape index (κ1) is 21.4. The highest BCUT2D eigenvalue weighted by atomic mass is 16.3. The molecule has 2 aliphatic heterocycles. The van der Waals surface area contributed by atoms with Crippen LogP contribution >= 0.6 is 0 Å². The van der Waals surface area contributed by atoms with Crippen molar-refractivity contribution in [3.8, 4) is 0 Å². The third kappa shape index (κ3) is 4.53. The molecule has 0 saturated carbocycles. The lowest BCUT2D eigenvalue weighted by Gasteiger charge is -2.36. The van der Waals surface area contributed by atoms with Crippen LogP contribution in [0.5, 0.6) is 0 Å². The predicted molar refractivity (Wildman–Crippen MR) is 129 cm³/mol. The van der Waals surface area contributed by atoms with Gasteiger partial charge in [0.1, 0.15) is 0 Å². The molecular formula is C26H34N4O2. The Morgan fingerprint density at radius 2 is 1.31 bits per heavy atom. The predicted octanol–water partition coefficient (Wildman–Crippen LogP) is 2.79. The zero-order chi connectivity index (χ0) is 21.9. The van der Waals surface area contributed by atoms with E-state index in [1.54, 1.807) is 0 Å². The van der Waals surface area contributed by atoms with Crippen LogP contribution < -0.4 is 0 Å². The van der Waals surface area contributed by atoms with Crippen LogP contribution in [0.4, 0.5) is 0 Å². The summed E-state index contributed by atoms with van der Waals surface area (Å²) in [5.41, 5.74) is 2.35. The molecule has 2 aliphatic rings. The molecule has 170 valence electrons. The van der Waals surface area contributed by atoms with E-state index in [1.165, 1.54) is 28.2 Å². The van der Waals surface area contributed by atoms with Crippen molar-refractivity contribution >= 4 is 27.7 Å². The van der Waals surface area contributed by atoms with E-state index in [-0.39, 0.29) is 5.91 Å². The molecule has 2 aromatic carbocycles.